The highest BCUT2D eigenvalue weighted by Gasteiger charge is 2.08. The molecule has 0 aliphatic heterocycles. The van der Waals surface area contributed by atoms with Crippen molar-refractivity contribution in [1.29, 1.82) is 15.8 Å². The molecule has 0 aliphatic rings. The number of para-hydroxylation sites is 1. The summed E-state index contributed by atoms with van der Waals surface area (Å²) in [7, 11) is 0. The van der Waals surface area contributed by atoms with Crippen LogP contribution in [0, 0.1) is 34.0 Å². The van der Waals surface area contributed by atoms with E-state index in [0.29, 0.717) is 5.69 Å². The van der Waals surface area contributed by atoms with Crippen LogP contribution in [0.4, 0.5) is 5.69 Å². The molecule has 0 amide bonds. The van der Waals surface area contributed by atoms with E-state index in [1.807, 2.05) is 24.3 Å². The van der Waals surface area contributed by atoms with E-state index in [1.54, 1.807) is 36.0 Å². The van der Waals surface area contributed by atoms with Gasteiger partial charge in [0.25, 0.3) is 0 Å². The highest BCUT2D eigenvalue weighted by molar-refractivity contribution is 7.99. The minimum Gasteiger partial charge on any atom is -0.344 e. The first-order chi connectivity index (χ1) is 9.26. The van der Waals surface area contributed by atoms with Crippen LogP contribution < -0.4 is 5.32 Å². The zero-order valence-electron chi connectivity index (χ0n) is 10.1. The number of thioether (sulfide) groups is 1. The molecule has 0 atom stereocenters. The lowest BCUT2D eigenvalue weighted by Crippen LogP contribution is -2.01. The third kappa shape index (κ3) is 3.92. The van der Waals surface area contributed by atoms with Gasteiger partial charge in [0, 0.05) is 10.6 Å². The number of hydrogen-bond donors (Lipinski definition) is 1. The Morgan fingerprint density at radius 3 is 2.47 bits per heavy atom. The third-order valence-corrected chi connectivity index (χ3v) is 3.16. The minimum atomic E-state index is -0.231. The van der Waals surface area contributed by atoms with Crippen molar-refractivity contribution in [2.75, 3.05) is 11.1 Å². The largest absolute Gasteiger partial charge is 0.344 e. The van der Waals surface area contributed by atoms with E-state index in [9.17, 15) is 0 Å². The third-order valence-electron chi connectivity index (χ3n) is 2.09. The quantitative estimate of drug-likeness (QED) is 0.502. The van der Waals surface area contributed by atoms with Gasteiger partial charge in [-0.1, -0.05) is 18.2 Å². The summed E-state index contributed by atoms with van der Waals surface area (Å²) in [4.78, 5) is 0.922. The van der Waals surface area contributed by atoms with Crippen molar-refractivity contribution in [1.82, 2.24) is 0 Å². The van der Waals surface area contributed by atoms with Crippen LogP contribution in [-0.4, -0.2) is 5.75 Å². The molecule has 0 fully saturated rings. The van der Waals surface area contributed by atoms with Crippen LogP contribution in [0.3, 0.4) is 0 Å². The summed E-state index contributed by atoms with van der Waals surface area (Å²) in [5.74, 6) is 0.730. The summed E-state index contributed by atoms with van der Waals surface area (Å²) in [5.41, 5.74) is 0.413. The lowest BCUT2D eigenvalue weighted by atomic mass is 10.2. The summed E-state index contributed by atoms with van der Waals surface area (Å²) in [6.07, 6.45) is 1.78. The number of hydrogen-bond acceptors (Lipinski definition) is 5. The maximum absolute atomic E-state index is 8.99. The molecule has 1 aromatic rings. The number of nitrogens with zero attached hydrogens (tertiary/aromatic N) is 3. The van der Waals surface area contributed by atoms with E-state index < -0.39 is 0 Å². The van der Waals surface area contributed by atoms with Crippen molar-refractivity contribution < 1.29 is 0 Å². The average Bonchev–Trinajstić information content (AvgIpc) is 2.46. The molecule has 0 heterocycles. The van der Waals surface area contributed by atoms with Crippen molar-refractivity contribution in [2.45, 2.75) is 4.90 Å². The van der Waals surface area contributed by atoms with E-state index >= 15 is 0 Å². The van der Waals surface area contributed by atoms with E-state index in [1.165, 1.54) is 0 Å². The Labute approximate surface area is 116 Å². The van der Waals surface area contributed by atoms with Gasteiger partial charge in [-0.05, 0) is 12.1 Å². The van der Waals surface area contributed by atoms with E-state index in [0.717, 1.165) is 10.6 Å². The topological polar surface area (TPSA) is 83.4 Å². The Kier molecular flexibility index (Phi) is 5.76. The van der Waals surface area contributed by atoms with Gasteiger partial charge >= 0.3 is 0 Å². The number of nitrogens with one attached hydrogen (secondary N) is 1. The first-order valence-corrected chi connectivity index (χ1v) is 6.29. The summed E-state index contributed by atoms with van der Waals surface area (Å²) in [6, 6.07) is 12.6. The summed E-state index contributed by atoms with van der Waals surface area (Å²) in [5, 5.41) is 29.4. The molecule has 0 saturated carbocycles. The SMILES string of the molecule is C=CCSc1ccccc1NC(C#N)=C(C#N)C#N. The Bertz CT molecular complexity index is 610. The van der Waals surface area contributed by atoms with Gasteiger partial charge < -0.3 is 5.32 Å². The zero-order valence-corrected chi connectivity index (χ0v) is 10.9. The fraction of sp³-hybridized carbons (Fsp3) is 0.0714. The minimum absolute atomic E-state index is 0.0448. The van der Waals surface area contributed by atoms with E-state index in [4.69, 9.17) is 15.8 Å². The molecule has 0 spiro atoms. The molecule has 0 saturated heterocycles. The maximum atomic E-state index is 8.99. The molecule has 1 N–H and O–H groups in total. The smallest absolute Gasteiger partial charge is 0.163 e. The molecular formula is C14H10N4S. The van der Waals surface area contributed by atoms with E-state index in [2.05, 4.69) is 11.9 Å². The molecule has 1 aromatic carbocycles. The molecule has 4 nitrogen and oxygen atoms in total. The average molecular weight is 266 g/mol. The molecule has 0 unspecified atom stereocenters. The predicted octanol–water partition coefficient (Wildman–Crippen LogP) is 3.20. The number of anilines is 1. The predicted molar refractivity (Wildman–Crippen MR) is 74.9 cm³/mol. The number of nitriles is 3. The second kappa shape index (κ2) is 7.61. The van der Waals surface area contributed by atoms with Crippen LogP contribution in [0.2, 0.25) is 0 Å². The van der Waals surface area contributed by atoms with Crippen LogP contribution >= 0.6 is 11.8 Å². The van der Waals surface area contributed by atoms with Gasteiger partial charge in [0.15, 0.2) is 5.57 Å². The first-order valence-electron chi connectivity index (χ1n) is 5.31. The Morgan fingerprint density at radius 2 is 1.89 bits per heavy atom. The van der Waals surface area contributed by atoms with Crippen LogP contribution in [0.15, 0.2) is 53.1 Å². The van der Waals surface area contributed by atoms with Crippen molar-refractivity contribution in [3.05, 3.63) is 48.2 Å². The molecule has 1 rings (SSSR count). The molecule has 0 radical (unpaired) electrons. The van der Waals surface area contributed by atoms with Gasteiger partial charge in [-0.15, -0.1) is 18.3 Å². The first kappa shape index (κ1) is 14.4. The van der Waals surface area contributed by atoms with Crippen LogP contribution in [-0.2, 0) is 0 Å². The lowest BCUT2D eigenvalue weighted by Gasteiger charge is -2.09. The lowest BCUT2D eigenvalue weighted by molar-refractivity contribution is 1.33. The standard InChI is InChI=1S/C14H10N4S/c1-2-7-19-14-6-4-3-5-12(14)18-13(10-17)11(8-15)9-16/h2-6,18H,1,7H2. The van der Waals surface area contributed by atoms with Crippen LogP contribution in [0.1, 0.15) is 0 Å². The normalized spacial score (nSPS) is 8.47. The number of allylic oxidation sites excluding steroid dienone is 2. The highest BCUT2D eigenvalue weighted by Crippen LogP contribution is 2.28. The highest BCUT2D eigenvalue weighted by atomic mass is 32.2. The fourth-order valence-corrected chi connectivity index (χ4v) is 2.01. The summed E-state index contributed by atoms with van der Waals surface area (Å²) >= 11 is 1.55. The monoisotopic (exact) mass is 266 g/mol. The molecule has 5 heteroatoms. The fourth-order valence-electron chi connectivity index (χ4n) is 1.26. The molecule has 19 heavy (non-hydrogen) atoms. The van der Waals surface area contributed by atoms with Gasteiger partial charge in [-0.25, -0.2) is 0 Å². The Balaban J connectivity index is 3.10. The maximum Gasteiger partial charge on any atom is 0.163 e. The summed E-state index contributed by atoms with van der Waals surface area (Å²) in [6.45, 7) is 3.65. The van der Waals surface area contributed by atoms with Gasteiger partial charge in [0.2, 0.25) is 0 Å². The summed E-state index contributed by atoms with van der Waals surface area (Å²) < 4.78 is 0. The number of rotatable bonds is 5. The second-order valence-corrected chi connectivity index (χ2v) is 4.37. The number of benzene rings is 1. The molecule has 0 aromatic heterocycles. The molecule has 0 aliphatic carbocycles. The molecule has 92 valence electrons. The Hall–Kier alpha value is -2.68. The van der Waals surface area contributed by atoms with E-state index in [-0.39, 0.29) is 11.3 Å². The zero-order chi connectivity index (χ0) is 14.1. The van der Waals surface area contributed by atoms with Crippen molar-refractivity contribution in [3.8, 4) is 18.2 Å². The van der Waals surface area contributed by atoms with Crippen LogP contribution in [0.25, 0.3) is 0 Å². The molecule has 0 bridgehead atoms. The Morgan fingerprint density at radius 1 is 1.21 bits per heavy atom. The van der Waals surface area contributed by atoms with Crippen molar-refractivity contribution in [3.63, 3.8) is 0 Å². The van der Waals surface area contributed by atoms with Crippen LogP contribution in [0.5, 0.6) is 0 Å². The van der Waals surface area contributed by atoms with Gasteiger partial charge in [-0.2, -0.15) is 15.8 Å². The van der Waals surface area contributed by atoms with Gasteiger partial charge in [0.05, 0.1) is 5.69 Å². The molecular weight excluding hydrogens is 256 g/mol. The second-order valence-electron chi connectivity index (χ2n) is 3.31. The van der Waals surface area contributed by atoms with Crippen molar-refractivity contribution >= 4 is 17.4 Å². The van der Waals surface area contributed by atoms with Gasteiger partial charge in [-0.3, -0.25) is 0 Å². The van der Waals surface area contributed by atoms with Crippen molar-refractivity contribution in [2.24, 2.45) is 0 Å². The van der Waals surface area contributed by atoms with Gasteiger partial charge in [0.1, 0.15) is 23.9 Å².